The van der Waals surface area contributed by atoms with E-state index in [1.54, 1.807) is 14.2 Å². The molecule has 0 aromatic heterocycles. The van der Waals surface area contributed by atoms with E-state index in [2.05, 4.69) is 37.2 Å². The van der Waals surface area contributed by atoms with Crippen LogP contribution in [0.1, 0.15) is 55.8 Å². The summed E-state index contributed by atoms with van der Waals surface area (Å²) in [6.45, 7) is 8.58. The van der Waals surface area contributed by atoms with Gasteiger partial charge in [-0.3, -0.25) is 0 Å². The van der Waals surface area contributed by atoms with Gasteiger partial charge in [-0.15, -0.1) is 5.54 Å². The standard InChI is InChI=1S/C30H46O7Si/c1-32-7-9-34-20-36-28-16-29(37-21-35-10-8-33-2)26(15-25(28)27(31)6-11-38(3,4)5)30-17-22-12-23(18-30)14-24(13-22)19-30/h15-16,22-24,27,31H,7-10,12-14,17-21H2,1-5H3. The van der Waals surface area contributed by atoms with Gasteiger partial charge in [-0.1, -0.05) is 25.6 Å². The van der Waals surface area contributed by atoms with Gasteiger partial charge in [-0.05, 0) is 67.8 Å². The summed E-state index contributed by atoms with van der Waals surface area (Å²) in [7, 11) is 1.62. The van der Waals surface area contributed by atoms with E-state index in [9.17, 15) is 5.11 Å². The van der Waals surface area contributed by atoms with Crippen LogP contribution in [0.2, 0.25) is 19.6 Å². The fraction of sp³-hybridized carbons (Fsp3) is 0.733. The molecule has 1 aromatic carbocycles. The van der Waals surface area contributed by atoms with E-state index in [0.717, 1.165) is 23.5 Å². The van der Waals surface area contributed by atoms with Gasteiger partial charge in [0.25, 0.3) is 0 Å². The van der Waals surface area contributed by atoms with Crippen LogP contribution in [0, 0.1) is 29.2 Å². The van der Waals surface area contributed by atoms with Crippen molar-refractivity contribution < 1.29 is 33.5 Å². The molecule has 0 saturated heterocycles. The Hall–Kier alpha value is -1.60. The lowest BCUT2D eigenvalue weighted by atomic mass is 9.48. The van der Waals surface area contributed by atoms with Crippen LogP contribution in [0.3, 0.4) is 0 Å². The Morgan fingerprint density at radius 1 is 0.842 bits per heavy atom. The lowest BCUT2D eigenvalue weighted by molar-refractivity contribution is -0.0203. The minimum Gasteiger partial charge on any atom is -0.467 e. The zero-order valence-corrected chi connectivity index (χ0v) is 24.8. The van der Waals surface area contributed by atoms with E-state index in [0.29, 0.717) is 37.7 Å². The van der Waals surface area contributed by atoms with Crippen molar-refractivity contribution in [2.75, 3.05) is 54.2 Å². The molecule has 1 atom stereocenters. The van der Waals surface area contributed by atoms with Crippen molar-refractivity contribution in [1.82, 2.24) is 0 Å². The molecule has 5 rings (SSSR count). The van der Waals surface area contributed by atoms with Crippen LogP contribution < -0.4 is 9.47 Å². The molecular weight excluding hydrogens is 500 g/mol. The molecule has 212 valence electrons. The zero-order chi connectivity index (χ0) is 27.2. The van der Waals surface area contributed by atoms with Crippen LogP contribution in [0.4, 0.5) is 0 Å². The predicted octanol–water partition coefficient (Wildman–Crippen LogP) is 5.07. The maximum atomic E-state index is 11.3. The van der Waals surface area contributed by atoms with Crippen molar-refractivity contribution in [3.8, 4) is 23.0 Å². The van der Waals surface area contributed by atoms with E-state index < -0.39 is 14.2 Å². The first-order chi connectivity index (χ1) is 18.2. The van der Waals surface area contributed by atoms with Crippen molar-refractivity contribution in [3.63, 3.8) is 0 Å². The minimum absolute atomic E-state index is 0.0466. The number of aliphatic hydroxyl groups is 1. The smallest absolute Gasteiger partial charge is 0.189 e. The molecule has 1 aromatic rings. The first kappa shape index (κ1) is 29.4. The molecule has 0 amide bonds. The lowest BCUT2D eigenvalue weighted by Crippen LogP contribution is -2.48. The Kier molecular flexibility index (Phi) is 10.2. The van der Waals surface area contributed by atoms with Gasteiger partial charge in [0.15, 0.2) is 13.6 Å². The van der Waals surface area contributed by atoms with Crippen LogP contribution in [0.15, 0.2) is 12.1 Å². The van der Waals surface area contributed by atoms with Gasteiger partial charge in [0.1, 0.15) is 25.7 Å². The minimum atomic E-state index is -1.67. The fourth-order valence-corrected chi connectivity index (χ4v) is 7.44. The van der Waals surface area contributed by atoms with Crippen molar-refractivity contribution in [1.29, 1.82) is 0 Å². The normalized spacial score (nSPS) is 26.6. The first-order valence-corrected chi connectivity index (χ1v) is 17.5. The van der Waals surface area contributed by atoms with Gasteiger partial charge >= 0.3 is 0 Å². The molecule has 0 heterocycles. The SMILES string of the molecule is COCCOCOc1cc(OCOCCOC)c(C23CC4CC(CC(C4)C2)C3)cc1C(O)C#C[Si](C)(C)C. The molecule has 0 radical (unpaired) electrons. The summed E-state index contributed by atoms with van der Waals surface area (Å²) in [6, 6.07) is 4.04. The fourth-order valence-electron chi connectivity index (χ4n) is 6.87. The molecule has 4 fully saturated rings. The molecule has 0 spiro atoms. The maximum Gasteiger partial charge on any atom is 0.189 e. The lowest BCUT2D eigenvalue weighted by Gasteiger charge is -2.57. The van der Waals surface area contributed by atoms with Crippen LogP contribution >= 0.6 is 0 Å². The van der Waals surface area contributed by atoms with Crippen molar-refractivity contribution in [3.05, 3.63) is 23.3 Å². The number of ether oxygens (including phenoxy) is 6. The molecule has 4 bridgehead atoms. The molecule has 0 aliphatic heterocycles. The van der Waals surface area contributed by atoms with Crippen LogP contribution in [-0.4, -0.2) is 67.4 Å². The van der Waals surface area contributed by atoms with Gasteiger partial charge in [0, 0.05) is 31.4 Å². The summed E-state index contributed by atoms with van der Waals surface area (Å²) in [5, 5.41) is 11.3. The van der Waals surface area contributed by atoms with E-state index in [4.69, 9.17) is 28.4 Å². The molecule has 4 aliphatic rings. The van der Waals surface area contributed by atoms with Gasteiger partial charge in [-0.25, -0.2) is 0 Å². The topological polar surface area (TPSA) is 75.6 Å². The average molecular weight is 547 g/mol. The molecule has 1 unspecified atom stereocenters. The largest absolute Gasteiger partial charge is 0.467 e. The highest BCUT2D eigenvalue weighted by Crippen LogP contribution is 2.62. The molecular formula is C30H46O7Si. The number of hydrogen-bond acceptors (Lipinski definition) is 7. The molecule has 8 heteroatoms. The number of methoxy groups -OCH3 is 2. The summed E-state index contributed by atoms with van der Waals surface area (Å²) < 4.78 is 33.8. The average Bonchev–Trinajstić information content (AvgIpc) is 2.85. The second-order valence-corrected chi connectivity index (χ2v) is 17.1. The molecule has 7 nitrogen and oxygen atoms in total. The summed E-state index contributed by atoms with van der Waals surface area (Å²) in [6.07, 6.45) is 6.64. The Morgan fingerprint density at radius 3 is 1.87 bits per heavy atom. The van der Waals surface area contributed by atoms with Crippen LogP contribution in [0.25, 0.3) is 0 Å². The monoisotopic (exact) mass is 546 g/mol. The highest BCUT2D eigenvalue weighted by atomic mass is 28.3. The van der Waals surface area contributed by atoms with Crippen molar-refractivity contribution in [2.24, 2.45) is 17.8 Å². The van der Waals surface area contributed by atoms with E-state index in [1.807, 2.05) is 6.07 Å². The molecule has 1 N–H and O–H groups in total. The first-order valence-electron chi connectivity index (χ1n) is 14.0. The third-order valence-electron chi connectivity index (χ3n) is 8.06. The van der Waals surface area contributed by atoms with E-state index in [-0.39, 0.29) is 19.0 Å². The number of benzene rings is 1. The third kappa shape index (κ3) is 7.53. The Balaban J connectivity index is 1.69. The summed E-state index contributed by atoms with van der Waals surface area (Å²) >= 11 is 0. The van der Waals surface area contributed by atoms with E-state index >= 15 is 0 Å². The number of hydrogen-bond donors (Lipinski definition) is 1. The highest BCUT2D eigenvalue weighted by Gasteiger charge is 2.52. The molecule has 4 saturated carbocycles. The summed E-state index contributed by atoms with van der Waals surface area (Å²) in [5.41, 5.74) is 5.24. The van der Waals surface area contributed by atoms with Gasteiger partial charge in [0.2, 0.25) is 0 Å². The van der Waals surface area contributed by atoms with Gasteiger partial charge in [-0.2, -0.15) is 0 Å². The number of rotatable bonds is 14. The molecule has 4 aliphatic carbocycles. The van der Waals surface area contributed by atoms with Crippen LogP contribution in [-0.2, 0) is 24.4 Å². The Labute approximate surface area is 229 Å². The predicted molar refractivity (Wildman–Crippen MR) is 149 cm³/mol. The second-order valence-electron chi connectivity index (χ2n) is 12.3. The third-order valence-corrected chi connectivity index (χ3v) is 8.95. The van der Waals surface area contributed by atoms with Crippen LogP contribution in [0.5, 0.6) is 11.5 Å². The van der Waals surface area contributed by atoms with Crippen molar-refractivity contribution in [2.45, 2.75) is 69.7 Å². The summed E-state index contributed by atoms with van der Waals surface area (Å²) in [4.78, 5) is 0. The van der Waals surface area contributed by atoms with Crippen molar-refractivity contribution >= 4 is 8.07 Å². The molecule has 38 heavy (non-hydrogen) atoms. The summed E-state index contributed by atoms with van der Waals surface area (Å²) in [5.74, 6) is 6.75. The Bertz CT molecular complexity index is 942. The highest BCUT2D eigenvalue weighted by molar-refractivity contribution is 6.83. The quantitative estimate of drug-likeness (QED) is 0.151. The maximum absolute atomic E-state index is 11.3. The Morgan fingerprint density at radius 2 is 1.37 bits per heavy atom. The van der Waals surface area contributed by atoms with Gasteiger partial charge < -0.3 is 33.5 Å². The van der Waals surface area contributed by atoms with E-state index in [1.165, 1.54) is 44.1 Å². The second kappa shape index (κ2) is 13.2. The zero-order valence-electron chi connectivity index (χ0n) is 23.8. The number of aliphatic hydroxyl groups excluding tert-OH is 1. The van der Waals surface area contributed by atoms with Gasteiger partial charge in [0.05, 0.1) is 26.4 Å².